The van der Waals surface area contributed by atoms with E-state index in [2.05, 4.69) is 43.3 Å². The van der Waals surface area contributed by atoms with Gasteiger partial charge >= 0.3 is 0 Å². The number of methoxy groups -OCH3 is 1. The molecule has 1 fully saturated rings. The smallest absolute Gasteiger partial charge is 0.170 e. The summed E-state index contributed by atoms with van der Waals surface area (Å²) in [6.07, 6.45) is 1.80. The summed E-state index contributed by atoms with van der Waals surface area (Å²) in [5, 5.41) is 4.15. The Morgan fingerprint density at radius 1 is 1.03 bits per heavy atom. The van der Waals surface area contributed by atoms with Crippen LogP contribution in [0.15, 0.2) is 93.9 Å². The van der Waals surface area contributed by atoms with Crippen LogP contribution in [0.1, 0.15) is 29.1 Å². The summed E-state index contributed by atoms with van der Waals surface area (Å²) in [6, 6.07) is 25.8. The van der Waals surface area contributed by atoms with Crippen LogP contribution < -0.4 is 10.1 Å². The first-order chi connectivity index (χ1) is 16.1. The molecule has 0 bridgehead atoms. The van der Waals surface area contributed by atoms with Crippen LogP contribution in [0.4, 0.5) is 0 Å². The van der Waals surface area contributed by atoms with E-state index >= 15 is 0 Å². The van der Waals surface area contributed by atoms with Crippen molar-refractivity contribution in [1.29, 1.82) is 0 Å². The van der Waals surface area contributed by atoms with Crippen molar-refractivity contribution in [2.45, 2.75) is 18.6 Å². The van der Waals surface area contributed by atoms with Crippen molar-refractivity contribution in [1.82, 2.24) is 15.2 Å². The van der Waals surface area contributed by atoms with Crippen molar-refractivity contribution in [2.75, 3.05) is 7.11 Å². The molecule has 1 aliphatic rings. The average Bonchev–Trinajstić information content (AvgIpc) is 3.45. The molecule has 0 spiro atoms. The van der Waals surface area contributed by atoms with Crippen molar-refractivity contribution in [3.8, 4) is 17.1 Å². The monoisotopic (exact) mass is 519 g/mol. The van der Waals surface area contributed by atoms with Crippen LogP contribution in [-0.2, 0) is 6.54 Å². The molecule has 2 aromatic heterocycles. The third-order valence-electron chi connectivity index (χ3n) is 5.76. The molecule has 0 aliphatic carbocycles. The second-order valence-electron chi connectivity index (χ2n) is 7.81. The van der Waals surface area contributed by atoms with E-state index in [1.165, 1.54) is 0 Å². The summed E-state index contributed by atoms with van der Waals surface area (Å²) < 4.78 is 12.7. The molecule has 0 saturated carbocycles. The van der Waals surface area contributed by atoms with Gasteiger partial charge in [-0.1, -0.05) is 46.3 Å². The maximum absolute atomic E-state index is 6.39. The predicted octanol–water partition coefficient (Wildman–Crippen LogP) is 6.29. The van der Waals surface area contributed by atoms with Crippen LogP contribution in [0.25, 0.3) is 11.3 Å². The fourth-order valence-electron chi connectivity index (χ4n) is 4.09. The van der Waals surface area contributed by atoms with Crippen molar-refractivity contribution < 1.29 is 9.15 Å². The maximum Gasteiger partial charge on any atom is 0.170 e. The van der Waals surface area contributed by atoms with E-state index in [1.807, 2.05) is 66.7 Å². The van der Waals surface area contributed by atoms with Crippen molar-refractivity contribution in [2.24, 2.45) is 0 Å². The van der Waals surface area contributed by atoms with E-state index in [1.54, 1.807) is 13.3 Å². The largest absolute Gasteiger partial charge is 0.497 e. The van der Waals surface area contributed by atoms with Gasteiger partial charge in [0.05, 0.1) is 18.8 Å². The molecular weight excluding hydrogens is 498 g/mol. The van der Waals surface area contributed by atoms with Crippen LogP contribution in [0.5, 0.6) is 5.75 Å². The Morgan fingerprint density at radius 3 is 2.52 bits per heavy atom. The van der Waals surface area contributed by atoms with Crippen LogP contribution in [0.3, 0.4) is 0 Å². The zero-order valence-electron chi connectivity index (χ0n) is 17.9. The molecule has 0 unspecified atom stereocenters. The lowest BCUT2D eigenvalue weighted by atomic mass is 10.0. The number of thiocarbonyl (C=S) groups is 1. The van der Waals surface area contributed by atoms with E-state index in [-0.39, 0.29) is 12.1 Å². The number of nitrogens with one attached hydrogen (secondary N) is 1. The second kappa shape index (κ2) is 9.37. The highest BCUT2D eigenvalue weighted by Gasteiger charge is 2.41. The second-order valence-corrected chi connectivity index (χ2v) is 9.11. The van der Waals surface area contributed by atoms with E-state index in [0.717, 1.165) is 38.6 Å². The summed E-state index contributed by atoms with van der Waals surface area (Å²) in [6.45, 7) is 0.637. The molecule has 5 rings (SSSR count). The highest BCUT2D eigenvalue weighted by Crippen LogP contribution is 2.41. The van der Waals surface area contributed by atoms with Crippen LogP contribution in [0.2, 0.25) is 0 Å². The SMILES string of the molecule is COc1ccc(CN2C(=S)N[C@H](c3ccccn3)[C@@H]2c2ccc(-c3ccc(Br)cc3)o2)cc1. The minimum Gasteiger partial charge on any atom is -0.497 e. The van der Waals surface area contributed by atoms with E-state index in [9.17, 15) is 0 Å². The molecule has 166 valence electrons. The fraction of sp³-hybridized carbons (Fsp3) is 0.154. The number of benzene rings is 2. The first-order valence-electron chi connectivity index (χ1n) is 10.6. The zero-order chi connectivity index (χ0) is 22.8. The lowest BCUT2D eigenvalue weighted by Crippen LogP contribution is -2.29. The number of rotatable bonds is 6. The standard InChI is InChI=1S/C26H22BrN3O2S/c1-31-20-11-5-17(6-12-20)16-30-25(24(29-26(30)33)21-4-2-3-15-28-21)23-14-13-22(32-23)18-7-9-19(27)10-8-18/h2-15,24-25H,16H2,1H3,(H,29,33)/t24-,25+/m1/s1. The lowest BCUT2D eigenvalue weighted by Gasteiger charge is -2.26. The summed E-state index contributed by atoms with van der Waals surface area (Å²) in [5.41, 5.74) is 3.07. The van der Waals surface area contributed by atoms with Gasteiger partial charge in [-0.25, -0.2) is 0 Å². The molecule has 2 atom stereocenters. The molecule has 0 amide bonds. The summed E-state index contributed by atoms with van der Waals surface area (Å²) in [5.74, 6) is 2.48. The number of furan rings is 1. The van der Waals surface area contributed by atoms with Crippen molar-refractivity contribution in [3.63, 3.8) is 0 Å². The van der Waals surface area contributed by atoms with Crippen molar-refractivity contribution in [3.05, 3.63) is 107 Å². The molecule has 5 nitrogen and oxygen atoms in total. The molecule has 1 aliphatic heterocycles. The van der Waals surface area contributed by atoms with Gasteiger partial charge in [-0.2, -0.15) is 0 Å². The first-order valence-corrected chi connectivity index (χ1v) is 11.8. The number of hydrogen-bond acceptors (Lipinski definition) is 4. The Morgan fingerprint density at radius 2 is 1.82 bits per heavy atom. The highest BCUT2D eigenvalue weighted by atomic mass is 79.9. The molecule has 4 aromatic rings. The van der Waals surface area contributed by atoms with Gasteiger partial charge in [-0.3, -0.25) is 4.98 Å². The fourth-order valence-corrected chi connectivity index (χ4v) is 4.66. The van der Waals surface area contributed by atoms with Crippen LogP contribution in [0, 0.1) is 0 Å². The number of hydrogen-bond donors (Lipinski definition) is 1. The zero-order valence-corrected chi connectivity index (χ0v) is 20.3. The number of aromatic nitrogens is 1. The molecule has 2 aromatic carbocycles. The van der Waals surface area contributed by atoms with E-state index < -0.39 is 0 Å². The third-order valence-corrected chi connectivity index (χ3v) is 6.64. The average molecular weight is 520 g/mol. The molecule has 3 heterocycles. The van der Waals surface area contributed by atoms with Crippen molar-refractivity contribution >= 4 is 33.3 Å². The third kappa shape index (κ3) is 4.51. The summed E-state index contributed by atoms with van der Waals surface area (Å²) >= 11 is 9.26. The van der Waals surface area contributed by atoms with E-state index in [4.69, 9.17) is 21.4 Å². The van der Waals surface area contributed by atoms with Gasteiger partial charge in [-0.05, 0) is 66.3 Å². The Balaban J connectivity index is 1.51. The molecular formula is C26H22BrN3O2S. The van der Waals surface area contributed by atoms with Gasteiger partial charge in [0.2, 0.25) is 0 Å². The van der Waals surface area contributed by atoms with Gasteiger partial charge in [-0.15, -0.1) is 0 Å². The Hall–Kier alpha value is -3.16. The number of halogens is 1. The van der Waals surface area contributed by atoms with Gasteiger partial charge in [0, 0.05) is 22.8 Å². The van der Waals surface area contributed by atoms with Gasteiger partial charge in [0.15, 0.2) is 5.11 Å². The minimum atomic E-state index is -0.140. The van der Waals surface area contributed by atoms with Gasteiger partial charge in [0.1, 0.15) is 23.3 Å². The molecule has 0 radical (unpaired) electrons. The molecule has 1 saturated heterocycles. The quantitative estimate of drug-likeness (QED) is 0.302. The topological polar surface area (TPSA) is 50.5 Å². The number of pyridine rings is 1. The Labute approximate surface area is 206 Å². The highest BCUT2D eigenvalue weighted by molar-refractivity contribution is 9.10. The van der Waals surface area contributed by atoms with Gasteiger partial charge < -0.3 is 19.4 Å². The van der Waals surface area contributed by atoms with Crippen LogP contribution in [-0.4, -0.2) is 22.1 Å². The maximum atomic E-state index is 6.39. The molecule has 7 heteroatoms. The Bertz CT molecular complexity index is 1240. The van der Waals surface area contributed by atoms with Crippen LogP contribution >= 0.6 is 28.1 Å². The number of ether oxygens (including phenoxy) is 1. The summed E-state index contributed by atoms with van der Waals surface area (Å²) in [7, 11) is 1.67. The first kappa shape index (κ1) is 21.7. The molecule has 33 heavy (non-hydrogen) atoms. The minimum absolute atomic E-state index is 0.124. The lowest BCUT2D eigenvalue weighted by molar-refractivity contribution is 0.269. The summed E-state index contributed by atoms with van der Waals surface area (Å²) in [4.78, 5) is 6.76. The molecule has 1 N–H and O–H groups in total. The Kier molecular flexibility index (Phi) is 6.15. The predicted molar refractivity (Wildman–Crippen MR) is 136 cm³/mol. The van der Waals surface area contributed by atoms with E-state index in [0.29, 0.717) is 11.7 Å². The number of nitrogens with zero attached hydrogens (tertiary/aromatic N) is 2. The normalized spacial score (nSPS) is 17.8. The van der Waals surface area contributed by atoms with Gasteiger partial charge in [0.25, 0.3) is 0 Å².